The first-order valence-electron chi connectivity index (χ1n) is 9.24. The standard InChI is InChI=1S/C23H17ClN4O2/c24-20-13-15(8-9-19(20)22(29)27-14-16-5-3-4-11-25-16)28-23(30)18-10-12-26-21-7-2-1-6-17(18)21/h1-13H,14H2,(H,27,29)(H,28,30). The molecular formula is C23H17ClN4O2. The van der Waals surface area contributed by atoms with Gasteiger partial charge in [-0.05, 0) is 42.5 Å². The lowest BCUT2D eigenvalue weighted by Gasteiger charge is -2.10. The third-order valence-electron chi connectivity index (χ3n) is 4.52. The van der Waals surface area contributed by atoms with Gasteiger partial charge in [-0.3, -0.25) is 19.6 Å². The number of rotatable bonds is 5. The highest BCUT2D eigenvalue weighted by Gasteiger charge is 2.14. The fourth-order valence-electron chi connectivity index (χ4n) is 3.04. The van der Waals surface area contributed by atoms with E-state index in [1.807, 2.05) is 42.5 Å². The zero-order valence-corrected chi connectivity index (χ0v) is 16.6. The molecule has 2 aromatic heterocycles. The van der Waals surface area contributed by atoms with Crippen LogP contribution in [0.2, 0.25) is 5.02 Å². The van der Waals surface area contributed by atoms with Gasteiger partial charge in [-0.25, -0.2) is 0 Å². The number of benzene rings is 2. The molecule has 0 aliphatic heterocycles. The molecule has 148 valence electrons. The van der Waals surface area contributed by atoms with Crippen molar-refractivity contribution in [1.29, 1.82) is 0 Å². The summed E-state index contributed by atoms with van der Waals surface area (Å²) in [5.74, 6) is -0.597. The van der Waals surface area contributed by atoms with Crippen LogP contribution in [0, 0.1) is 0 Å². The Balaban J connectivity index is 1.47. The van der Waals surface area contributed by atoms with E-state index < -0.39 is 0 Å². The fraction of sp³-hybridized carbons (Fsp3) is 0.0435. The Morgan fingerprint density at radius 3 is 2.47 bits per heavy atom. The molecule has 0 unspecified atom stereocenters. The molecule has 0 radical (unpaired) electrons. The Hall–Kier alpha value is -3.77. The zero-order chi connectivity index (χ0) is 20.9. The van der Waals surface area contributed by atoms with Crippen LogP contribution >= 0.6 is 11.6 Å². The van der Waals surface area contributed by atoms with Gasteiger partial charge in [0.15, 0.2) is 0 Å². The summed E-state index contributed by atoms with van der Waals surface area (Å²) < 4.78 is 0. The van der Waals surface area contributed by atoms with Gasteiger partial charge in [0.1, 0.15) is 0 Å². The summed E-state index contributed by atoms with van der Waals surface area (Å²) in [6, 6.07) is 19.3. The van der Waals surface area contributed by atoms with Gasteiger partial charge in [0.25, 0.3) is 11.8 Å². The predicted molar refractivity (Wildman–Crippen MR) is 117 cm³/mol. The third kappa shape index (κ3) is 4.29. The number of hydrogen-bond acceptors (Lipinski definition) is 4. The van der Waals surface area contributed by atoms with Gasteiger partial charge < -0.3 is 10.6 Å². The number of aromatic nitrogens is 2. The number of carbonyl (C=O) groups is 2. The lowest BCUT2D eigenvalue weighted by atomic mass is 10.1. The second-order valence-corrected chi connectivity index (χ2v) is 6.94. The summed E-state index contributed by atoms with van der Waals surface area (Å²) in [7, 11) is 0. The number of para-hydroxylation sites is 1. The van der Waals surface area contributed by atoms with E-state index in [4.69, 9.17) is 11.6 Å². The Morgan fingerprint density at radius 1 is 0.833 bits per heavy atom. The molecular weight excluding hydrogens is 400 g/mol. The van der Waals surface area contributed by atoms with Crippen LogP contribution in [0.25, 0.3) is 10.9 Å². The van der Waals surface area contributed by atoms with E-state index in [0.717, 1.165) is 16.6 Å². The summed E-state index contributed by atoms with van der Waals surface area (Å²) in [4.78, 5) is 33.6. The number of pyridine rings is 2. The SMILES string of the molecule is O=C(NCc1ccccn1)c1ccc(NC(=O)c2ccnc3ccccc23)cc1Cl. The monoisotopic (exact) mass is 416 g/mol. The Labute approximate surface area is 177 Å². The van der Waals surface area contributed by atoms with Gasteiger partial charge in [-0.1, -0.05) is 35.9 Å². The highest BCUT2D eigenvalue weighted by Crippen LogP contribution is 2.23. The normalized spacial score (nSPS) is 10.6. The molecule has 2 N–H and O–H groups in total. The number of carbonyl (C=O) groups excluding carboxylic acids is 2. The quantitative estimate of drug-likeness (QED) is 0.503. The Kier molecular flexibility index (Phi) is 5.68. The van der Waals surface area contributed by atoms with Crippen molar-refractivity contribution in [2.45, 2.75) is 6.54 Å². The van der Waals surface area contributed by atoms with Crippen molar-refractivity contribution in [2.75, 3.05) is 5.32 Å². The van der Waals surface area contributed by atoms with Crippen LogP contribution in [0.4, 0.5) is 5.69 Å². The first kappa shape index (κ1) is 19.5. The summed E-state index contributed by atoms with van der Waals surface area (Å²) in [6.45, 7) is 0.295. The van der Waals surface area contributed by atoms with E-state index in [2.05, 4.69) is 20.6 Å². The number of anilines is 1. The van der Waals surface area contributed by atoms with Crippen LogP contribution in [0.3, 0.4) is 0 Å². The number of hydrogen-bond donors (Lipinski definition) is 2. The second kappa shape index (κ2) is 8.71. The van der Waals surface area contributed by atoms with Crippen molar-refractivity contribution < 1.29 is 9.59 Å². The topological polar surface area (TPSA) is 84.0 Å². The molecule has 0 bridgehead atoms. The van der Waals surface area contributed by atoms with E-state index in [9.17, 15) is 9.59 Å². The number of nitrogens with zero attached hydrogens (tertiary/aromatic N) is 2. The van der Waals surface area contributed by atoms with Crippen molar-refractivity contribution in [1.82, 2.24) is 15.3 Å². The maximum Gasteiger partial charge on any atom is 0.256 e. The first-order valence-corrected chi connectivity index (χ1v) is 9.62. The largest absolute Gasteiger partial charge is 0.346 e. The minimum Gasteiger partial charge on any atom is -0.346 e. The molecule has 0 spiro atoms. The molecule has 2 heterocycles. The molecule has 6 nitrogen and oxygen atoms in total. The van der Waals surface area contributed by atoms with Gasteiger partial charge >= 0.3 is 0 Å². The number of nitrogens with one attached hydrogen (secondary N) is 2. The molecule has 2 aromatic carbocycles. The van der Waals surface area contributed by atoms with Gasteiger partial charge in [0.2, 0.25) is 0 Å². The third-order valence-corrected chi connectivity index (χ3v) is 4.83. The first-order chi connectivity index (χ1) is 14.6. The van der Waals surface area contributed by atoms with E-state index in [1.165, 1.54) is 0 Å². The summed E-state index contributed by atoms with van der Waals surface area (Å²) in [5, 5.41) is 6.60. The van der Waals surface area contributed by atoms with Crippen LogP contribution in [-0.4, -0.2) is 21.8 Å². The summed E-state index contributed by atoms with van der Waals surface area (Å²) >= 11 is 6.29. The molecule has 0 saturated carbocycles. The minimum atomic E-state index is -0.316. The van der Waals surface area contributed by atoms with Crippen LogP contribution in [0.5, 0.6) is 0 Å². The smallest absolute Gasteiger partial charge is 0.256 e. The molecule has 0 fully saturated rings. The van der Waals surface area contributed by atoms with E-state index in [-0.39, 0.29) is 16.8 Å². The van der Waals surface area contributed by atoms with E-state index >= 15 is 0 Å². The zero-order valence-electron chi connectivity index (χ0n) is 15.8. The average molecular weight is 417 g/mol. The summed E-state index contributed by atoms with van der Waals surface area (Å²) in [6.07, 6.45) is 3.26. The molecule has 4 rings (SSSR count). The molecule has 7 heteroatoms. The van der Waals surface area contributed by atoms with Gasteiger partial charge in [0.05, 0.1) is 33.9 Å². The Morgan fingerprint density at radius 2 is 1.67 bits per heavy atom. The van der Waals surface area contributed by atoms with Crippen molar-refractivity contribution in [2.24, 2.45) is 0 Å². The van der Waals surface area contributed by atoms with Gasteiger partial charge in [0, 0.05) is 23.5 Å². The molecule has 0 aliphatic rings. The van der Waals surface area contributed by atoms with Crippen molar-refractivity contribution in [3.63, 3.8) is 0 Å². The fourth-order valence-corrected chi connectivity index (χ4v) is 3.30. The maximum absolute atomic E-state index is 12.7. The Bertz CT molecular complexity index is 1220. The van der Waals surface area contributed by atoms with Crippen molar-refractivity contribution in [3.8, 4) is 0 Å². The lowest BCUT2D eigenvalue weighted by Crippen LogP contribution is -2.23. The molecule has 4 aromatic rings. The van der Waals surface area contributed by atoms with Crippen LogP contribution in [-0.2, 0) is 6.54 Å². The molecule has 0 saturated heterocycles. The van der Waals surface area contributed by atoms with Crippen molar-refractivity contribution >= 4 is 40.0 Å². The highest BCUT2D eigenvalue weighted by molar-refractivity contribution is 6.34. The highest BCUT2D eigenvalue weighted by atomic mass is 35.5. The number of amides is 2. The summed E-state index contributed by atoms with van der Waals surface area (Å²) in [5.41, 5.74) is 2.81. The molecule has 2 amide bonds. The van der Waals surface area contributed by atoms with Crippen LogP contribution in [0.15, 0.2) is 79.1 Å². The average Bonchev–Trinajstić information content (AvgIpc) is 2.78. The number of halogens is 1. The lowest BCUT2D eigenvalue weighted by molar-refractivity contribution is 0.0950. The minimum absolute atomic E-state index is 0.242. The predicted octanol–water partition coefficient (Wildman–Crippen LogP) is 4.47. The molecule has 30 heavy (non-hydrogen) atoms. The maximum atomic E-state index is 12.7. The van der Waals surface area contributed by atoms with E-state index in [1.54, 1.807) is 36.7 Å². The van der Waals surface area contributed by atoms with Crippen LogP contribution < -0.4 is 10.6 Å². The van der Waals surface area contributed by atoms with Crippen LogP contribution in [0.1, 0.15) is 26.4 Å². The van der Waals surface area contributed by atoms with Gasteiger partial charge in [-0.2, -0.15) is 0 Å². The van der Waals surface area contributed by atoms with Gasteiger partial charge in [-0.15, -0.1) is 0 Å². The number of fused-ring (bicyclic) bond motifs is 1. The second-order valence-electron chi connectivity index (χ2n) is 6.53. The molecule has 0 atom stereocenters. The molecule has 0 aliphatic carbocycles. The van der Waals surface area contributed by atoms with E-state index in [0.29, 0.717) is 23.4 Å². The van der Waals surface area contributed by atoms with Crippen molar-refractivity contribution in [3.05, 3.63) is 101 Å².